The third kappa shape index (κ3) is 6.09. The smallest absolute Gasteiger partial charge is 0.373 e. The summed E-state index contributed by atoms with van der Waals surface area (Å²) in [5, 5.41) is 16.3. The molecule has 2 heterocycles. The largest absolute Gasteiger partial charge is 0.416 e. The molecule has 198 valence electrons. The molecule has 0 atom stereocenters. The van der Waals surface area contributed by atoms with Crippen molar-refractivity contribution >= 4 is 28.9 Å². The monoisotopic (exact) mass is 524 g/mol. The van der Waals surface area contributed by atoms with Gasteiger partial charge in [-0.15, -0.1) is 0 Å². The molecule has 0 unspecified atom stereocenters. The Balaban J connectivity index is 1.61. The Hall–Kier alpha value is -4.45. The fourth-order valence-corrected chi connectivity index (χ4v) is 3.83. The van der Waals surface area contributed by atoms with Crippen LogP contribution in [0.25, 0.3) is 5.82 Å². The lowest BCUT2D eigenvalue weighted by Gasteiger charge is -2.15. The first kappa shape index (κ1) is 26.6. The number of nitrogens with one attached hydrogen (secondary N) is 4. The molecule has 9 nitrogen and oxygen atoms in total. The number of carbonyl (C=O) groups excluding carboxylic acids is 1. The normalized spacial score (nSPS) is 11.3. The number of aryl methyl sites for hydroxylation is 2. The molecule has 0 fully saturated rings. The average molecular weight is 525 g/mol. The van der Waals surface area contributed by atoms with Crippen molar-refractivity contribution in [1.82, 2.24) is 25.1 Å². The van der Waals surface area contributed by atoms with Crippen LogP contribution in [0.4, 0.5) is 36.2 Å². The molecular formula is C26H27F3N8O. The number of carbonyl (C=O) groups is 1. The Morgan fingerprint density at radius 2 is 1.79 bits per heavy atom. The van der Waals surface area contributed by atoms with E-state index in [2.05, 4.69) is 36.3 Å². The topological polar surface area (TPSA) is 109 Å². The number of anilines is 4. The summed E-state index contributed by atoms with van der Waals surface area (Å²) in [6.07, 6.45) is -3.14. The van der Waals surface area contributed by atoms with Crippen LogP contribution < -0.4 is 21.3 Å². The SMILES string of the molecule is CNCc1cc(C(=O)Nc2ccc(C)c(Nc3cc(C)nn3-c3cc(NC)ncn3)c2)cc(C(F)(F)F)c1. The van der Waals surface area contributed by atoms with Crippen LogP contribution in [0, 0.1) is 13.8 Å². The summed E-state index contributed by atoms with van der Waals surface area (Å²) >= 11 is 0. The minimum atomic E-state index is -4.57. The van der Waals surface area contributed by atoms with Gasteiger partial charge in [0.05, 0.1) is 11.3 Å². The summed E-state index contributed by atoms with van der Waals surface area (Å²) in [7, 11) is 3.38. The zero-order valence-corrected chi connectivity index (χ0v) is 21.2. The molecule has 12 heteroatoms. The van der Waals surface area contributed by atoms with E-state index >= 15 is 0 Å². The number of halogens is 3. The molecule has 0 aliphatic rings. The van der Waals surface area contributed by atoms with Crippen molar-refractivity contribution in [2.24, 2.45) is 0 Å². The number of alkyl halides is 3. The molecule has 38 heavy (non-hydrogen) atoms. The van der Waals surface area contributed by atoms with Crippen molar-refractivity contribution in [1.29, 1.82) is 0 Å². The zero-order chi connectivity index (χ0) is 27.4. The van der Waals surface area contributed by atoms with Crippen molar-refractivity contribution in [3.05, 3.63) is 82.8 Å². The fourth-order valence-electron chi connectivity index (χ4n) is 3.83. The maximum Gasteiger partial charge on any atom is 0.416 e. The molecule has 2 aromatic heterocycles. The predicted molar refractivity (Wildman–Crippen MR) is 140 cm³/mol. The summed E-state index contributed by atoms with van der Waals surface area (Å²) in [5.74, 6) is 1.15. The van der Waals surface area contributed by atoms with Gasteiger partial charge in [-0.05, 0) is 62.4 Å². The van der Waals surface area contributed by atoms with Crippen molar-refractivity contribution in [2.75, 3.05) is 30.0 Å². The van der Waals surface area contributed by atoms with Crippen LogP contribution in [0.15, 0.2) is 54.9 Å². The van der Waals surface area contributed by atoms with Gasteiger partial charge in [-0.3, -0.25) is 4.79 Å². The lowest BCUT2D eigenvalue weighted by molar-refractivity contribution is -0.137. The lowest BCUT2D eigenvalue weighted by Crippen LogP contribution is -2.16. The molecule has 0 aliphatic carbocycles. The van der Waals surface area contributed by atoms with Gasteiger partial charge in [0.2, 0.25) is 0 Å². The number of nitrogens with zero attached hydrogens (tertiary/aromatic N) is 4. The van der Waals surface area contributed by atoms with Crippen molar-refractivity contribution in [3.63, 3.8) is 0 Å². The van der Waals surface area contributed by atoms with Crippen LogP contribution >= 0.6 is 0 Å². The highest BCUT2D eigenvalue weighted by atomic mass is 19.4. The molecule has 0 saturated carbocycles. The second-order valence-corrected chi connectivity index (χ2v) is 8.65. The van der Waals surface area contributed by atoms with Crippen molar-refractivity contribution in [3.8, 4) is 5.82 Å². The Bertz CT molecular complexity index is 1470. The minimum absolute atomic E-state index is 0.0852. The molecule has 4 aromatic rings. The van der Waals surface area contributed by atoms with Gasteiger partial charge in [0.1, 0.15) is 18.0 Å². The van der Waals surface area contributed by atoms with E-state index in [-0.39, 0.29) is 12.1 Å². The Morgan fingerprint density at radius 3 is 2.50 bits per heavy atom. The quantitative estimate of drug-likeness (QED) is 0.255. The molecule has 0 radical (unpaired) electrons. The first-order chi connectivity index (χ1) is 18.1. The number of hydrogen-bond donors (Lipinski definition) is 4. The summed E-state index contributed by atoms with van der Waals surface area (Å²) in [4.78, 5) is 21.4. The van der Waals surface area contributed by atoms with Crippen molar-refractivity contribution in [2.45, 2.75) is 26.6 Å². The van der Waals surface area contributed by atoms with Gasteiger partial charge in [-0.25, -0.2) is 9.97 Å². The van der Waals surface area contributed by atoms with Crippen LogP contribution in [0.5, 0.6) is 0 Å². The number of hydrogen-bond acceptors (Lipinski definition) is 7. The molecule has 4 N–H and O–H groups in total. The molecule has 0 aliphatic heterocycles. The van der Waals surface area contributed by atoms with Crippen LogP contribution in [-0.4, -0.2) is 39.8 Å². The van der Waals surface area contributed by atoms with E-state index in [0.29, 0.717) is 34.4 Å². The van der Waals surface area contributed by atoms with Gasteiger partial charge in [-0.2, -0.15) is 23.0 Å². The zero-order valence-electron chi connectivity index (χ0n) is 21.2. The van der Waals surface area contributed by atoms with Crippen molar-refractivity contribution < 1.29 is 18.0 Å². The summed E-state index contributed by atoms with van der Waals surface area (Å²) in [6, 6.07) is 12.1. The summed E-state index contributed by atoms with van der Waals surface area (Å²) < 4.78 is 41.8. The average Bonchev–Trinajstić information content (AvgIpc) is 3.25. The molecule has 1 amide bonds. The van der Waals surface area contributed by atoms with Crippen LogP contribution in [0.1, 0.15) is 32.7 Å². The number of aromatic nitrogens is 4. The molecule has 2 aromatic carbocycles. The van der Waals surface area contributed by atoms with E-state index in [1.54, 1.807) is 43.0 Å². The molecule has 0 bridgehead atoms. The van der Waals surface area contributed by atoms with E-state index in [0.717, 1.165) is 23.4 Å². The van der Waals surface area contributed by atoms with Gasteiger partial charge in [0, 0.05) is 42.7 Å². The van der Waals surface area contributed by atoms with Gasteiger partial charge < -0.3 is 21.3 Å². The van der Waals surface area contributed by atoms with Gasteiger partial charge in [0.15, 0.2) is 5.82 Å². The Labute approximate surface area is 217 Å². The van der Waals surface area contributed by atoms with E-state index < -0.39 is 17.6 Å². The minimum Gasteiger partial charge on any atom is -0.373 e. The maximum atomic E-state index is 13.4. The Kier molecular flexibility index (Phi) is 7.62. The second kappa shape index (κ2) is 10.9. The third-order valence-corrected chi connectivity index (χ3v) is 5.68. The molecular weight excluding hydrogens is 497 g/mol. The van der Waals surface area contributed by atoms with E-state index in [1.807, 2.05) is 19.9 Å². The van der Waals surface area contributed by atoms with E-state index in [4.69, 9.17) is 0 Å². The third-order valence-electron chi connectivity index (χ3n) is 5.68. The number of rotatable bonds is 8. The van der Waals surface area contributed by atoms with Crippen LogP contribution in [0.2, 0.25) is 0 Å². The molecule has 0 saturated heterocycles. The lowest BCUT2D eigenvalue weighted by atomic mass is 10.0. The molecule has 0 spiro atoms. The first-order valence-electron chi connectivity index (χ1n) is 11.7. The second-order valence-electron chi connectivity index (χ2n) is 8.65. The standard InChI is InChI=1S/C26H27F3N8O/c1-15-5-6-20(34-25(38)18-8-17(13-30-3)9-19(10-18)26(27,28)29)11-21(15)35-24-7-16(2)36-37(24)23-12-22(31-4)32-14-33-23/h5-12,14,30,35H,13H2,1-4H3,(H,34,38)(H,31,32,33). The highest BCUT2D eigenvalue weighted by Gasteiger charge is 2.31. The summed E-state index contributed by atoms with van der Waals surface area (Å²) in [6.45, 7) is 3.93. The Morgan fingerprint density at radius 1 is 1.00 bits per heavy atom. The van der Waals surface area contributed by atoms with Gasteiger partial charge >= 0.3 is 6.18 Å². The predicted octanol–water partition coefficient (Wildman–Crippen LogP) is 5.05. The maximum absolute atomic E-state index is 13.4. The number of amides is 1. The van der Waals surface area contributed by atoms with Gasteiger partial charge in [-0.1, -0.05) is 6.07 Å². The van der Waals surface area contributed by atoms with E-state index in [1.165, 1.54) is 12.4 Å². The highest BCUT2D eigenvalue weighted by Crippen LogP contribution is 2.31. The van der Waals surface area contributed by atoms with Gasteiger partial charge in [0.25, 0.3) is 5.91 Å². The van der Waals surface area contributed by atoms with Crippen LogP contribution in [0.3, 0.4) is 0 Å². The fraction of sp³-hybridized carbons (Fsp3) is 0.231. The highest BCUT2D eigenvalue weighted by molar-refractivity contribution is 6.04. The van der Waals surface area contributed by atoms with Crippen LogP contribution in [-0.2, 0) is 12.7 Å². The number of benzene rings is 2. The molecule has 4 rings (SSSR count). The summed E-state index contributed by atoms with van der Waals surface area (Å²) in [5.41, 5.74) is 2.11. The first-order valence-corrected chi connectivity index (χ1v) is 11.7. The van der Waals surface area contributed by atoms with E-state index in [9.17, 15) is 18.0 Å².